The van der Waals surface area contributed by atoms with Crippen molar-refractivity contribution in [2.75, 3.05) is 7.11 Å². The van der Waals surface area contributed by atoms with E-state index in [-0.39, 0.29) is 12.2 Å². The van der Waals surface area contributed by atoms with Crippen LogP contribution in [-0.2, 0) is 6.42 Å². The van der Waals surface area contributed by atoms with Crippen LogP contribution in [0.15, 0.2) is 42.6 Å². The summed E-state index contributed by atoms with van der Waals surface area (Å²) in [5.74, 6) is 0.174. The Hall–Kier alpha value is -1.94. The van der Waals surface area contributed by atoms with Gasteiger partial charge in [0.05, 0.1) is 7.11 Å². The Morgan fingerprint density at radius 1 is 1.28 bits per heavy atom. The molecule has 0 amide bonds. The van der Waals surface area contributed by atoms with Crippen LogP contribution >= 0.6 is 0 Å². The van der Waals surface area contributed by atoms with Gasteiger partial charge in [-0.15, -0.1) is 0 Å². The second kappa shape index (κ2) is 5.60. The highest BCUT2D eigenvalue weighted by atomic mass is 19.1. The normalized spacial score (nSPS) is 12.2. The average molecular weight is 247 g/mol. The van der Waals surface area contributed by atoms with Gasteiger partial charge in [0.15, 0.2) is 0 Å². The third-order valence-electron chi connectivity index (χ3n) is 2.71. The number of rotatable bonds is 4. The first-order valence-electron chi connectivity index (χ1n) is 5.62. The molecule has 0 saturated carbocycles. The molecule has 0 saturated heterocycles. The van der Waals surface area contributed by atoms with Gasteiger partial charge in [0.25, 0.3) is 0 Å². The van der Waals surface area contributed by atoms with Gasteiger partial charge < -0.3 is 9.84 Å². The molecule has 2 rings (SSSR count). The van der Waals surface area contributed by atoms with Crippen molar-refractivity contribution in [3.05, 3.63) is 59.7 Å². The molecule has 0 bridgehead atoms. The van der Waals surface area contributed by atoms with E-state index >= 15 is 0 Å². The number of ether oxygens (including phenoxy) is 1. The zero-order chi connectivity index (χ0) is 13.0. The number of aliphatic hydroxyl groups is 1. The molecule has 0 aliphatic rings. The van der Waals surface area contributed by atoms with Crippen LogP contribution in [0.2, 0.25) is 0 Å². The second-order valence-corrected chi connectivity index (χ2v) is 3.90. The maximum absolute atomic E-state index is 13.5. The number of aliphatic hydroxyl groups excluding tert-OH is 1. The summed E-state index contributed by atoms with van der Waals surface area (Å²) < 4.78 is 18.6. The van der Waals surface area contributed by atoms with E-state index in [1.807, 2.05) is 0 Å². The van der Waals surface area contributed by atoms with E-state index in [9.17, 15) is 9.50 Å². The van der Waals surface area contributed by atoms with Gasteiger partial charge in [-0.25, -0.2) is 4.39 Å². The molecule has 0 aliphatic carbocycles. The van der Waals surface area contributed by atoms with Crippen LogP contribution in [0.25, 0.3) is 0 Å². The molecule has 1 aromatic carbocycles. The highest BCUT2D eigenvalue weighted by Crippen LogP contribution is 2.25. The summed E-state index contributed by atoms with van der Waals surface area (Å²) in [6.07, 6.45) is 0.848. The number of hydrogen-bond donors (Lipinski definition) is 1. The molecular formula is C14H14FNO2. The topological polar surface area (TPSA) is 42.4 Å². The molecule has 0 fully saturated rings. The third kappa shape index (κ3) is 2.65. The molecule has 0 aliphatic heterocycles. The van der Waals surface area contributed by atoms with Crippen molar-refractivity contribution in [1.82, 2.24) is 4.98 Å². The van der Waals surface area contributed by atoms with Crippen LogP contribution < -0.4 is 4.74 Å². The molecule has 1 atom stereocenters. The van der Waals surface area contributed by atoms with Gasteiger partial charge in [-0.2, -0.15) is 0 Å². The van der Waals surface area contributed by atoms with E-state index in [4.69, 9.17) is 4.74 Å². The molecule has 0 radical (unpaired) electrons. The van der Waals surface area contributed by atoms with Gasteiger partial charge in [-0.3, -0.25) is 4.98 Å². The molecule has 1 unspecified atom stereocenters. The summed E-state index contributed by atoms with van der Waals surface area (Å²) >= 11 is 0. The Bertz CT molecular complexity index is 531. The summed E-state index contributed by atoms with van der Waals surface area (Å²) in [4.78, 5) is 4.08. The fourth-order valence-corrected chi connectivity index (χ4v) is 1.79. The number of methoxy groups -OCH3 is 1. The van der Waals surface area contributed by atoms with Gasteiger partial charge >= 0.3 is 0 Å². The lowest BCUT2D eigenvalue weighted by atomic mass is 10.0. The predicted octanol–water partition coefficient (Wildman–Crippen LogP) is 2.51. The fourth-order valence-electron chi connectivity index (χ4n) is 1.79. The fraction of sp³-hybridized carbons (Fsp3) is 0.214. The Morgan fingerprint density at radius 3 is 2.78 bits per heavy atom. The van der Waals surface area contributed by atoms with Crippen LogP contribution in [0.3, 0.4) is 0 Å². The Morgan fingerprint density at radius 2 is 2.06 bits per heavy atom. The quantitative estimate of drug-likeness (QED) is 0.902. The summed E-state index contributed by atoms with van der Waals surface area (Å²) in [6, 6.07) is 9.81. The zero-order valence-electron chi connectivity index (χ0n) is 10.0. The van der Waals surface area contributed by atoms with E-state index in [0.717, 1.165) is 0 Å². The van der Waals surface area contributed by atoms with Crippen LogP contribution in [0.4, 0.5) is 4.39 Å². The van der Waals surface area contributed by atoms with E-state index in [1.54, 1.807) is 36.5 Å². The molecule has 1 heterocycles. The maximum Gasteiger partial charge on any atom is 0.143 e. The second-order valence-electron chi connectivity index (χ2n) is 3.90. The van der Waals surface area contributed by atoms with Crippen LogP contribution in [0.1, 0.15) is 17.4 Å². The lowest BCUT2D eigenvalue weighted by Crippen LogP contribution is -2.07. The third-order valence-corrected chi connectivity index (χ3v) is 2.71. The lowest BCUT2D eigenvalue weighted by molar-refractivity contribution is 0.167. The number of nitrogens with zero attached hydrogens (tertiary/aromatic N) is 1. The Kier molecular flexibility index (Phi) is 3.89. The van der Waals surface area contributed by atoms with E-state index in [1.165, 1.54) is 13.2 Å². The number of aromatic nitrogens is 1. The first kappa shape index (κ1) is 12.5. The SMILES string of the molecule is COc1cccnc1C(O)Cc1ccccc1F. The van der Waals surface area contributed by atoms with Crippen molar-refractivity contribution < 1.29 is 14.2 Å². The number of halogens is 1. The van der Waals surface area contributed by atoms with E-state index < -0.39 is 6.10 Å². The predicted molar refractivity (Wildman–Crippen MR) is 65.9 cm³/mol. The van der Waals surface area contributed by atoms with Crippen molar-refractivity contribution in [3.63, 3.8) is 0 Å². The summed E-state index contributed by atoms with van der Waals surface area (Å²) in [7, 11) is 1.51. The highest BCUT2D eigenvalue weighted by Gasteiger charge is 2.16. The smallest absolute Gasteiger partial charge is 0.143 e. The van der Waals surface area contributed by atoms with Gasteiger partial charge in [0.2, 0.25) is 0 Å². The number of benzene rings is 1. The van der Waals surface area contributed by atoms with Crippen molar-refractivity contribution in [2.24, 2.45) is 0 Å². The van der Waals surface area contributed by atoms with E-state index in [0.29, 0.717) is 17.0 Å². The molecule has 1 aromatic heterocycles. The monoisotopic (exact) mass is 247 g/mol. The van der Waals surface area contributed by atoms with Crippen molar-refractivity contribution in [1.29, 1.82) is 0 Å². The molecule has 1 N–H and O–H groups in total. The van der Waals surface area contributed by atoms with Crippen LogP contribution in [0, 0.1) is 5.82 Å². The number of hydrogen-bond acceptors (Lipinski definition) is 3. The molecule has 4 heteroatoms. The van der Waals surface area contributed by atoms with Crippen LogP contribution in [0.5, 0.6) is 5.75 Å². The molecule has 94 valence electrons. The van der Waals surface area contributed by atoms with Crippen LogP contribution in [-0.4, -0.2) is 17.2 Å². The average Bonchev–Trinajstić information content (AvgIpc) is 2.41. The first-order chi connectivity index (χ1) is 8.72. The number of pyridine rings is 1. The van der Waals surface area contributed by atoms with Crippen molar-refractivity contribution in [2.45, 2.75) is 12.5 Å². The van der Waals surface area contributed by atoms with Gasteiger partial charge in [-0.05, 0) is 23.8 Å². The Balaban J connectivity index is 2.22. The summed E-state index contributed by atoms with van der Waals surface area (Å²) in [6.45, 7) is 0. The summed E-state index contributed by atoms with van der Waals surface area (Å²) in [5, 5.41) is 10.1. The lowest BCUT2D eigenvalue weighted by Gasteiger charge is -2.13. The molecular weight excluding hydrogens is 233 g/mol. The minimum Gasteiger partial charge on any atom is -0.495 e. The van der Waals surface area contributed by atoms with Gasteiger partial charge in [0, 0.05) is 12.6 Å². The zero-order valence-corrected chi connectivity index (χ0v) is 10.0. The summed E-state index contributed by atoms with van der Waals surface area (Å²) in [5.41, 5.74) is 0.876. The van der Waals surface area contributed by atoms with Crippen molar-refractivity contribution in [3.8, 4) is 5.75 Å². The van der Waals surface area contributed by atoms with Crippen molar-refractivity contribution >= 4 is 0 Å². The van der Waals surface area contributed by atoms with Gasteiger partial charge in [0.1, 0.15) is 23.4 Å². The standard InChI is InChI=1S/C14H14FNO2/c1-18-13-7-4-8-16-14(13)12(17)9-10-5-2-3-6-11(10)15/h2-8,12,17H,9H2,1H3. The minimum absolute atomic E-state index is 0.167. The maximum atomic E-state index is 13.5. The molecule has 3 nitrogen and oxygen atoms in total. The molecule has 0 spiro atoms. The van der Waals surface area contributed by atoms with E-state index in [2.05, 4.69) is 4.98 Å². The molecule has 2 aromatic rings. The largest absolute Gasteiger partial charge is 0.495 e. The highest BCUT2D eigenvalue weighted by molar-refractivity contribution is 5.30. The Labute approximate surface area is 105 Å². The van der Waals surface area contributed by atoms with Gasteiger partial charge in [-0.1, -0.05) is 18.2 Å². The minimum atomic E-state index is -0.891. The first-order valence-corrected chi connectivity index (χ1v) is 5.62. The molecule has 18 heavy (non-hydrogen) atoms.